The highest BCUT2D eigenvalue weighted by Gasteiger charge is 2.11. The Morgan fingerprint density at radius 2 is 2.17 bits per heavy atom. The first-order chi connectivity index (χ1) is 14.5. The van der Waals surface area contributed by atoms with Crippen molar-refractivity contribution in [3.63, 3.8) is 0 Å². The summed E-state index contributed by atoms with van der Waals surface area (Å²) >= 11 is 2.99. The largest absolute Gasteiger partial charge is 0.494 e. The van der Waals surface area contributed by atoms with Crippen molar-refractivity contribution in [3.8, 4) is 5.75 Å². The van der Waals surface area contributed by atoms with Gasteiger partial charge < -0.3 is 15.0 Å². The minimum atomic E-state index is -0.257. The van der Waals surface area contributed by atoms with Crippen LogP contribution in [0.25, 0.3) is 21.1 Å². The van der Waals surface area contributed by atoms with Crippen LogP contribution in [0.4, 0.5) is 4.39 Å². The number of thioether (sulfide) groups is 1. The van der Waals surface area contributed by atoms with Gasteiger partial charge in [-0.05, 0) is 62.2 Å². The molecule has 2 aromatic carbocycles. The molecule has 4 rings (SSSR count). The molecule has 2 N–H and O–H groups in total. The Balaban J connectivity index is 1.31. The highest BCUT2D eigenvalue weighted by atomic mass is 32.2. The van der Waals surface area contributed by atoms with Gasteiger partial charge in [0.05, 0.1) is 22.6 Å². The third-order valence-electron chi connectivity index (χ3n) is 4.76. The number of hydrogen-bond donors (Lipinski definition) is 2. The third-order valence-corrected chi connectivity index (χ3v) is 6.92. The predicted molar refractivity (Wildman–Crippen MR) is 121 cm³/mol. The second-order valence-corrected chi connectivity index (χ2v) is 9.10. The maximum atomic E-state index is 13.6. The van der Waals surface area contributed by atoms with Crippen LogP contribution in [0.2, 0.25) is 0 Å². The lowest BCUT2D eigenvalue weighted by Crippen LogP contribution is -2.27. The number of aromatic nitrogens is 2. The van der Waals surface area contributed by atoms with E-state index in [1.165, 1.54) is 23.9 Å². The van der Waals surface area contributed by atoms with Crippen LogP contribution in [0.1, 0.15) is 18.2 Å². The topological polar surface area (TPSA) is 67.0 Å². The lowest BCUT2D eigenvalue weighted by molar-refractivity contribution is -0.118. The van der Waals surface area contributed by atoms with Gasteiger partial charge in [-0.25, -0.2) is 9.37 Å². The van der Waals surface area contributed by atoms with Crippen molar-refractivity contribution in [2.24, 2.45) is 0 Å². The number of fused-ring (bicyclic) bond motifs is 2. The molecule has 156 valence electrons. The summed E-state index contributed by atoms with van der Waals surface area (Å²) < 4.78 is 21.0. The molecule has 1 amide bonds. The summed E-state index contributed by atoms with van der Waals surface area (Å²) in [6.45, 7) is 5.05. The number of carbonyl (C=O) groups is 1. The molecule has 0 aliphatic carbocycles. The fourth-order valence-electron chi connectivity index (χ4n) is 3.38. The fraction of sp³-hybridized carbons (Fsp3) is 0.273. The summed E-state index contributed by atoms with van der Waals surface area (Å²) in [5.74, 6) is 0.834. The first-order valence-corrected chi connectivity index (χ1v) is 11.5. The predicted octanol–water partition coefficient (Wildman–Crippen LogP) is 5.07. The summed E-state index contributed by atoms with van der Waals surface area (Å²) in [6.07, 6.45) is 0.646. The number of thiazole rings is 1. The van der Waals surface area contributed by atoms with Crippen LogP contribution >= 0.6 is 23.1 Å². The molecule has 4 aromatic rings. The van der Waals surface area contributed by atoms with Crippen molar-refractivity contribution in [1.29, 1.82) is 0 Å². The van der Waals surface area contributed by atoms with Crippen molar-refractivity contribution in [1.82, 2.24) is 15.3 Å². The maximum Gasteiger partial charge on any atom is 0.230 e. The number of nitrogens with one attached hydrogen (secondary N) is 2. The summed E-state index contributed by atoms with van der Waals surface area (Å²) in [7, 11) is 0. The van der Waals surface area contributed by atoms with E-state index in [2.05, 4.69) is 15.3 Å². The fourth-order valence-corrected chi connectivity index (χ4v) is 5.31. The van der Waals surface area contributed by atoms with Gasteiger partial charge in [-0.3, -0.25) is 4.79 Å². The highest BCUT2D eigenvalue weighted by molar-refractivity contribution is 8.01. The molecule has 0 fully saturated rings. The number of aromatic amines is 1. The normalized spacial score (nSPS) is 11.3. The summed E-state index contributed by atoms with van der Waals surface area (Å²) in [5, 5.41) is 3.82. The first-order valence-electron chi connectivity index (χ1n) is 9.73. The minimum absolute atomic E-state index is 0.0436. The first kappa shape index (κ1) is 20.7. The van der Waals surface area contributed by atoms with Gasteiger partial charge in [-0.15, -0.1) is 11.3 Å². The number of ether oxygens (including phenoxy) is 1. The summed E-state index contributed by atoms with van der Waals surface area (Å²) in [4.78, 5) is 20.1. The van der Waals surface area contributed by atoms with Crippen molar-refractivity contribution in [2.45, 2.75) is 24.6 Å². The van der Waals surface area contributed by atoms with Crippen LogP contribution in [-0.4, -0.2) is 34.8 Å². The van der Waals surface area contributed by atoms with Crippen molar-refractivity contribution in [3.05, 3.63) is 53.5 Å². The number of benzene rings is 2. The van der Waals surface area contributed by atoms with E-state index in [1.54, 1.807) is 17.4 Å². The number of amides is 1. The molecular formula is C22H22FN3O2S2. The van der Waals surface area contributed by atoms with Crippen LogP contribution in [-0.2, 0) is 11.2 Å². The Morgan fingerprint density at radius 1 is 1.30 bits per heavy atom. The van der Waals surface area contributed by atoms with Crippen molar-refractivity contribution in [2.75, 3.05) is 18.9 Å². The van der Waals surface area contributed by atoms with Gasteiger partial charge in [0.15, 0.2) is 4.34 Å². The number of rotatable bonds is 8. The maximum absolute atomic E-state index is 13.6. The van der Waals surface area contributed by atoms with Gasteiger partial charge in [0.25, 0.3) is 0 Å². The molecule has 0 atom stereocenters. The van der Waals surface area contributed by atoms with E-state index >= 15 is 0 Å². The molecule has 0 saturated heterocycles. The zero-order valence-corrected chi connectivity index (χ0v) is 18.4. The Labute approximate surface area is 182 Å². The lowest BCUT2D eigenvalue weighted by atomic mass is 10.1. The van der Waals surface area contributed by atoms with Gasteiger partial charge in [-0.1, -0.05) is 11.8 Å². The van der Waals surface area contributed by atoms with Crippen LogP contribution in [0.5, 0.6) is 5.75 Å². The molecule has 2 heterocycles. The molecule has 0 bridgehead atoms. The molecule has 0 aliphatic rings. The molecule has 0 radical (unpaired) electrons. The number of carbonyl (C=O) groups excluding carboxylic acids is 1. The quantitative estimate of drug-likeness (QED) is 0.373. The van der Waals surface area contributed by atoms with Gasteiger partial charge in [0.2, 0.25) is 5.91 Å². The van der Waals surface area contributed by atoms with E-state index in [-0.39, 0.29) is 11.7 Å². The zero-order chi connectivity index (χ0) is 21.1. The van der Waals surface area contributed by atoms with Crippen molar-refractivity contribution >= 4 is 50.1 Å². The average molecular weight is 444 g/mol. The number of H-pyrrole nitrogens is 1. The molecule has 0 aliphatic heterocycles. The van der Waals surface area contributed by atoms with Gasteiger partial charge >= 0.3 is 0 Å². The number of halogens is 1. The number of nitrogens with zero attached hydrogens (tertiary/aromatic N) is 1. The van der Waals surface area contributed by atoms with E-state index in [4.69, 9.17) is 4.74 Å². The van der Waals surface area contributed by atoms with Crippen molar-refractivity contribution < 1.29 is 13.9 Å². The third kappa shape index (κ3) is 4.60. The van der Waals surface area contributed by atoms with Gasteiger partial charge in [-0.2, -0.15) is 0 Å². The van der Waals surface area contributed by atoms with Gasteiger partial charge in [0.1, 0.15) is 11.6 Å². The van der Waals surface area contributed by atoms with E-state index in [0.717, 1.165) is 42.5 Å². The molecule has 30 heavy (non-hydrogen) atoms. The molecule has 5 nitrogen and oxygen atoms in total. The smallest absolute Gasteiger partial charge is 0.230 e. The standard InChI is InChI=1S/C22H22FN3O2S2/c1-3-28-15-5-7-19-20(11-15)30-22(26-19)29-12-21(27)24-9-8-16-13(2)25-18-6-4-14(23)10-17(16)18/h4-7,10-11,25H,3,8-9,12H2,1-2H3,(H,24,27). The Hall–Kier alpha value is -2.58. The highest BCUT2D eigenvalue weighted by Crippen LogP contribution is 2.31. The zero-order valence-electron chi connectivity index (χ0n) is 16.8. The Kier molecular flexibility index (Phi) is 6.24. The molecule has 2 aromatic heterocycles. The molecule has 8 heteroatoms. The minimum Gasteiger partial charge on any atom is -0.494 e. The number of aryl methyl sites for hydroxylation is 1. The number of hydrogen-bond acceptors (Lipinski definition) is 5. The van der Waals surface area contributed by atoms with Crippen LogP contribution in [0.15, 0.2) is 40.7 Å². The molecule has 0 saturated carbocycles. The van der Waals surface area contributed by atoms with E-state index < -0.39 is 0 Å². The van der Waals surface area contributed by atoms with Crippen LogP contribution in [0.3, 0.4) is 0 Å². The van der Waals surface area contributed by atoms with Gasteiger partial charge in [0, 0.05) is 23.1 Å². The lowest BCUT2D eigenvalue weighted by Gasteiger charge is -2.05. The second kappa shape index (κ2) is 9.06. The van der Waals surface area contributed by atoms with E-state index in [1.807, 2.05) is 32.0 Å². The van der Waals surface area contributed by atoms with E-state index in [0.29, 0.717) is 25.3 Å². The second-order valence-electron chi connectivity index (χ2n) is 6.85. The summed E-state index contributed by atoms with van der Waals surface area (Å²) in [6, 6.07) is 10.5. The van der Waals surface area contributed by atoms with Crippen LogP contribution < -0.4 is 10.1 Å². The molecule has 0 unspecified atom stereocenters. The monoisotopic (exact) mass is 443 g/mol. The Bertz CT molecular complexity index is 1200. The van der Waals surface area contributed by atoms with E-state index in [9.17, 15) is 9.18 Å². The summed E-state index contributed by atoms with van der Waals surface area (Å²) in [5.41, 5.74) is 3.86. The molecular weight excluding hydrogens is 421 g/mol. The van der Waals surface area contributed by atoms with Crippen LogP contribution in [0, 0.1) is 12.7 Å². The Morgan fingerprint density at radius 3 is 3.00 bits per heavy atom. The average Bonchev–Trinajstić information content (AvgIpc) is 3.26. The SMILES string of the molecule is CCOc1ccc2nc(SCC(=O)NCCc3c(C)[nH]c4ccc(F)cc34)sc2c1. The molecule has 0 spiro atoms.